The molecule has 0 saturated carbocycles. The molecule has 15 heavy (non-hydrogen) atoms. The molecule has 0 aliphatic carbocycles. The van der Waals surface area contributed by atoms with E-state index in [1.807, 2.05) is 18.2 Å². The maximum atomic E-state index is 6.18. The van der Waals surface area contributed by atoms with Crippen molar-refractivity contribution in [3.8, 4) is 0 Å². The maximum absolute atomic E-state index is 6.18. The molecular weight excluding hydrogens is 227 g/mol. The number of hydrogen-bond donors (Lipinski definition) is 0. The van der Waals surface area contributed by atoms with Gasteiger partial charge in [-0.2, -0.15) is 0 Å². The van der Waals surface area contributed by atoms with E-state index in [9.17, 15) is 0 Å². The second-order valence-corrected chi connectivity index (χ2v) is 4.38. The molecule has 0 spiro atoms. The molecule has 1 aromatic rings. The lowest BCUT2D eigenvalue weighted by Gasteiger charge is -2.09. The molecule has 82 valence electrons. The van der Waals surface area contributed by atoms with Gasteiger partial charge < -0.3 is 0 Å². The van der Waals surface area contributed by atoms with E-state index in [2.05, 4.69) is 13.5 Å². The van der Waals surface area contributed by atoms with Crippen LogP contribution < -0.4 is 0 Å². The Morgan fingerprint density at radius 3 is 2.60 bits per heavy atom. The minimum Gasteiger partial charge on any atom is -0.0985 e. The third kappa shape index (κ3) is 3.25. The average molecular weight is 243 g/mol. The third-order valence-electron chi connectivity index (χ3n) is 2.48. The monoisotopic (exact) mass is 242 g/mol. The van der Waals surface area contributed by atoms with E-state index in [4.69, 9.17) is 23.2 Å². The summed E-state index contributed by atoms with van der Waals surface area (Å²) in [7, 11) is 0. The number of halogens is 2. The van der Waals surface area contributed by atoms with Crippen molar-refractivity contribution in [2.45, 2.75) is 32.6 Å². The van der Waals surface area contributed by atoms with Crippen molar-refractivity contribution >= 4 is 29.3 Å². The van der Waals surface area contributed by atoms with Crippen molar-refractivity contribution in [2.75, 3.05) is 0 Å². The van der Waals surface area contributed by atoms with Crippen LogP contribution in [0.2, 0.25) is 10.0 Å². The molecule has 0 radical (unpaired) electrons. The van der Waals surface area contributed by atoms with Gasteiger partial charge in [-0.15, -0.1) is 0 Å². The first-order valence-corrected chi connectivity index (χ1v) is 6.05. The van der Waals surface area contributed by atoms with Crippen LogP contribution in [-0.2, 0) is 6.42 Å². The van der Waals surface area contributed by atoms with Crippen LogP contribution in [0.25, 0.3) is 6.08 Å². The van der Waals surface area contributed by atoms with Crippen molar-refractivity contribution in [2.24, 2.45) is 0 Å². The van der Waals surface area contributed by atoms with Gasteiger partial charge in [-0.25, -0.2) is 0 Å². The Bertz CT molecular complexity index is 343. The Kier molecular flexibility index (Phi) is 5.21. The molecule has 0 fully saturated rings. The summed E-state index contributed by atoms with van der Waals surface area (Å²) in [5, 5.41) is 1.32. The first-order valence-electron chi connectivity index (χ1n) is 5.30. The zero-order valence-corrected chi connectivity index (χ0v) is 10.5. The van der Waals surface area contributed by atoms with Crippen molar-refractivity contribution < 1.29 is 0 Å². The van der Waals surface area contributed by atoms with Gasteiger partial charge in [-0.3, -0.25) is 0 Å². The van der Waals surface area contributed by atoms with Crippen LogP contribution in [0.3, 0.4) is 0 Å². The molecule has 1 aromatic carbocycles. The number of rotatable bonds is 5. The van der Waals surface area contributed by atoms with Crippen LogP contribution in [0.1, 0.15) is 37.3 Å². The Morgan fingerprint density at radius 2 is 2.00 bits per heavy atom. The Labute approximate surface area is 102 Å². The summed E-state index contributed by atoms with van der Waals surface area (Å²) in [5.41, 5.74) is 2.23. The summed E-state index contributed by atoms with van der Waals surface area (Å²) in [5.74, 6) is 0. The van der Waals surface area contributed by atoms with Gasteiger partial charge in [0.05, 0.1) is 10.0 Å². The third-order valence-corrected chi connectivity index (χ3v) is 3.33. The zero-order chi connectivity index (χ0) is 11.3. The van der Waals surface area contributed by atoms with Gasteiger partial charge in [0.25, 0.3) is 0 Å². The van der Waals surface area contributed by atoms with Gasteiger partial charge in [-0.1, -0.05) is 61.7 Å². The molecule has 0 aromatic heterocycles. The van der Waals surface area contributed by atoms with E-state index >= 15 is 0 Å². The summed E-state index contributed by atoms with van der Waals surface area (Å²) in [4.78, 5) is 0. The lowest BCUT2D eigenvalue weighted by Crippen LogP contribution is -1.92. The fraction of sp³-hybridized carbons (Fsp3) is 0.385. The van der Waals surface area contributed by atoms with Crippen LogP contribution in [0.5, 0.6) is 0 Å². The van der Waals surface area contributed by atoms with E-state index in [1.54, 1.807) is 0 Å². The molecular formula is C13H16Cl2. The summed E-state index contributed by atoms with van der Waals surface area (Å²) >= 11 is 12.2. The van der Waals surface area contributed by atoms with Crippen LogP contribution in [-0.4, -0.2) is 0 Å². The second-order valence-electron chi connectivity index (χ2n) is 3.59. The van der Waals surface area contributed by atoms with Crippen LogP contribution >= 0.6 is 23.2 Å². The average Bonchev–Trinajstić information content (AvgIpc) is 2.25. The molecule has 0 aliphatic heterocycles. The molecule has 0 amide bonds. The predicted octanol–water partition coefficient (Wildman–Crippen LogP) is 5.37. The second kappa shape index (κ2) is 6.19. The molecule has 0 bridgehead atoms. The molecule has 0 aliphatic rings. The van der Waals surface area contributed by atoms with E-state index in [0.29, 0.717) is 10.0 Å². The molecule has 0 saturated heterocycles. The van der Waals surface area contributed by atoms with Gasteiger partial charge >= 0.3 is 0 Å². The number of benzene rings is 1. The van der Waals surface area contributed by atoms with Crippen LogP contribution in [0.15, 0.2) is 18.7 Å². The lowest BCUT2D eigenvalue weighted by atomic mass is 10.0. The Hall–Kier alpha value is -0.460. The smallest absolute Gasteiger partial charge is 0.0630 e. The molecule has 0 heterocycles. The van der Waals surface area contributed by atoms with Crippen molar-refractivity contribution in [3.63, 3.8) is 0 Å². The quantitative estimate of drug-likeness (QED) is 0.610. The Morgan fingerprint density at radius 1 is 1.27 bits per heavy atom. The van der Waals surface area contributed by atoms with E-state index < -0.39 is 0 Å². The highest BCUT2D eigenvalue weighted by Crippen LogP contribution is 2.30. The van der Waals surface area contributed by atoms with Gasteiger partial charge in [0, 0.05) is 0 Å². The Balaban J connectivity index is 2.91. The minimum absolute atomic E-state index is 0.633. The highest BCUT2D eigenvalue weighted by Gasteiger charge is 2.08. The van der Waals surface area contributed by atoms with E-state index in [0.717, 1.165) is 24.0 Å². The lowest BCUT2D eigenvalue weighted by molar-refractivity contribution is 0.717. The summed E-state index contributed by atoms with van der Waals surface area (Å²) < 4.78 is 0. The first-order chi connectivity index (χ1) is 7.20. The van der Waals surface area contributed by atoms with Gasteiger partial charge in [0.1, 0.15) is 0 Å². The largest absolute Gasteiger partial charge is 0.0985 e. The fourth-order valence-electron chi connectivity index (χ4n) is 1.60. The van der Waals surface area contributed by atoms with Crippen LogP contribution in [0.4, 0.5) is 0 Å². The SMILES string of the molecule is C=Cc1ccc(Cl)c(Cl)c1CCCCC. The normalized spacial score (nSPS) is 10.3. The molecule has 2 heteroatoms. The van der Waals surface area contributed by atoms with E-state index in [1.165, 1.54) is 12.8 Å². The highest BCUT2D eigenvalue weighted by atomic mass is 35.5. The van der Waals surface area contributed by atoms with Gasteiger partial charge in [-0.05, 0) is 30.0 Å². The van der Waals surface area contributed by atoms with Crippen LogP contribution in [0, 0.1) is 0 Å². The van der Waals surface area contributed by atoms with Crippen molar-refractivity contribution in [1.82, 2.24) is 0 Å². The van der Waals surface area contributed by atoms with Crippen molar-refractivity contribution in [3.05, 3.63) is 39.9 Å². The summed E-state index contributed by atoms with van der Waals surface area (Å²) in [6.45, 7) is 5.98. The highest BCUT2D eigenvalue weighted by molar-refractivity contribution is 6.42. The standard InChI is InChI=1S/C13H16Cl2/c1-3-5-6-7-11-10(4-2)8-9-12(14)13(11)15/h4,8-9H,2-3,5-7H2,1H3. The minimum atomic E-state index is 0.633. The molecule has 0 N–H and O–H groups in total. The summed E-state index contributed by atoms with van der Waals surface area (Å²) in [6, 6.07) is 3.80. The molecule has 0 nitrogen and oxygen atoms in total. The predicted molar refractivity (Wildman–Crippen MR) is 69.8 cm³/mol. The number of unbranched alkanes of at least 4 members (excludes halogenated alkanes) is 2. The maximum Gasteiger partial charge on any atom is 0.0630 e. The molecule has 1 rings (SSSR count). The fourth-order valence-corrected chi connectivity index (χ4v) is 2.05. The van der Waals surface area contributed by atoms with Crippen molar-refractivity contribution in [1.29, 1.82) is 0 Å². The molecule has 0 atom stereocenters. The molecule has 0 unspecified atom stereocenters. The van der Waals surface area contributed by atoms with Gasteiger partial charge in [0.2, 0.25) is 0 Å². The van der Waals surface area contributed by atoms with E-state index in [-0.39, 0.29) is 0 Å². The topological polar surface area (TPSA) is 0 Å². The van der Waals surface area contributed by atoms with Gasteiger partial charge in [0.15, 0.2) is 0 Å². The first kappa shape index (κ1) is 12.6. The summed E-state index contributed by atoms with van der Waals surface area (Å²) in [6.07, 6.45) is 6.40. The number of hydrogen-bond acceptors (Lipinski definition) is 0. The zero-order valence-electron chi connectivity index (χ0n) is 9.02.